The molecule has 0 unspecified atom stereocenters. The van der Waals surface area contributed by atoms with Gasteiger partial charge >= 0.3 is 0 Å². The van der Waals surface area contributed by atoms with E-state index in [4.69, 9.17) is 5.21 Å². The minimum Gasteiger partial charge on any atom is -0.340 e. The molecule has 0 aliphatic carbocycles. The van der Waals surface area contributed by atoms with Crippen LogP contribution < -0.4 is 10.8 Å². The van der Waals surface area contributed by atoms with Gasteiger partial charge in [-0.25, -0.2) is 5.48 Å². The van der Waals surface area contributed by atoms with Crippen LogP contribution in [0.5, 0.6) is 0 Å². The van der Waals surface area contributed by atoms with Gasteiger partial charge in [0.25, 0.3) is 11.8 Å². The van der Waals surface area contributed by atoms with Crippen molar-refractivity contribution in [1.82, 2.24) is 10.8 Å². The van der Waals surface area contributed by atoms with Crippen LogP contribution in [0.2, 0.25) is 0 Å². The van der Waals surface area contributed by atoms with Gasteiger partial charge in [0.2, 0.25) is 0 Å². The van der Waals surface area contributed by atoms with Crippen molar-refractivity contribution in [2.24, 2.45) is 5.92 Å². The summed E-state index contributed by atoms with van der Waals surface area (Å²) in [6, 6.07) is 14.1. The van der Waals surface area contributed by atoms with Gasteiger partial charge in [-0.2, -0.15) is 0 Å². The molecule has 0 aliphatic heterocycles. The van der Waals surface area contributed by atoms with Crippen LogP contribution in [0, 0.1) is 17.8 Å². The predicted molar refractivity (Wildman–Crippen MR) is 104 cm³/mol. The monoisotopic (exact) mass is 364 g/mol. The topological polar surface area (TPSA) is 78.4 Å². The largest absolute Gasteiger partial charge is 0.340 e. The van der Waals surface area contributed by atoms with E-state index in [0.717, 1.165) is 17.5 Å². The summed E-state index contributed by atoms with van der Waals surface area (Å²) in [5.74, 6) is 4.98. The van der Waals surface area contributed by atoms with Crippen molar-refractivity contribution in [2.75, 3.05) is 0 Å². The van der Waals surface area contributed by atoms with Crippen molar-refractivity contribution in [3.8, 4) is 11.8 Å². The Bertz CT molecular complexity index is 844. The Kier molecular flexibility index (Phi) is 7.16. The van der Waals surface area contributed by atoms with Crippen LogP contribution in [0.25, 0.3) is 0 Å². The standard InChI is InChI=1S/C22H24N2O3/c1-4-16-5-7-17(8-6-16)9-10-18-11-13-19(14-12-18)21(25)23-20(15(2)3)22(26)24-27/h5-8,11-15,20,27H,4H2,1-3H3,(H,23,25)(H,24,26)/t20-/m0/s1. The van der Waals surface area contributed by atoms with Crippen LogP contribution in [0.1, 0.15) is 47.8 Å². The third-order valence-electron chi connectivity index (χ3n) is 4.21. The van der Waals surface area contributed by atoms with E-state index in [-0.39, 0.29) is 11.8 Å². The summed E-state index contributed by atoms with van der Waals surface area (Å²) in [6.07, 6.45) is 0.995. The number of carbonyl (C=O) groups is 2. The first kappa shape index (κ1) is 20.2. The molecule has 0 saturated carbocycles. The quantitative estimate of drug-likeness (QED) is 0.434. The lowest BCUT2D eigenvalue weighted by Crippen LogP contribution is -2.48. The molecule has 2 rings (SSSR count). The van der Waals surface area contributed by atoms with E-state index >= 15 is 0 Å². The number of aryl methyl sites for hydroxylation is 1. The molecule has 1 atom stereocenters. The first-order valence-electron chi connectivity index (χ1n) is 8.90. The second-order valence-corrected chi connectivity index (χ2v) is 6.55. The lowest BCUT2D eigenvalue weighted by molar-refractivity contribution is -0.132. The molecule has 0 saturated heterocycles. The van der Waals surface area contributed by atoms with Gasteiger partial charge in [0.05, 0.1) is 0 Å². The Morgan fingerprint density at radius 2 is 1.48 bits per heavy atom. The van der Waals surface area contributed by atoms with Crippen molar-refractivity contribution < 1.29 is 14.8 Å². The second kappa shape index (κ2) is 9.56. The summed E-state index contributed by atoms with van der Waals surface area (Å²) < 4.78 is 0. The molecule has 5 nitrogen and oxygen atoms in total. The van der Waals surface area contributed by atoms with Crippen LogP contribution in [-0.2, 0) is 11.2 Å². The fourth-order valence-electron chi connectivity index (χ4n) is 2.50. The SMILES string of the molecule is CCc1ccc(C#Cc2ccc(C(=O)N[C@H](C(=O)NO)C(C)C)cc2)cc1. The number of rotatable bonds is 5. The number of carbonyl (C=O) groups excluding carboxylic acids is 2. The van der Waals surface area contributed by atoms with Crippen molar-refractivity contribution >= 4 is 11.8 Å². The van der Waals surface area contributed by atoms with E-state index in [1.165, 1.54) is 5.56 Å². The number of hydroxylamine groups is 1. The predicted octanol–water partition coefficient (Wildman–Crippen LogP) is 2.91. The summed E-state index contributed by atoms with van der Waals surface area (Å²) in [7, 11) is 0. The third kappa shape index (κ3) is 5.70. The minimum atomic E-state index is -0.812. The average Bonchev–Trinajstić information content (AvgIpc) is 2.70. The zero-order valence-electron chi connectivity index (χ0n) is 15.7. The van der Waals surface area contributed by atoms with Gasteiger partial charge in [0, 0.05) is 16.7 Å². The summed E-state index contributed by atoms with van der Waals surface area (Å²) in [5.41, 5.74) is 4.99. The molecule has 0 aliphatic rings. The Morgan fingerprint density at radius 1 is 0.963 bits per heavy atom. The van der Waals surface area contributed by atoms with Crippen LogP contribution in [0.3, 0.4) is 0 Å². The molecular formula is C22H24N2O3. The first-order valence-corrected chi connectivity index (χ1v) is 8.90. The van der Waals surface area contributed by atoms with Gasteiger partial charge in [-0.3, -0.25) is 14.8 Å². The maximum atomic E-state index is 12.3. The van der Waals surface area contributed by atoms with E-state index in [1.807, 2.05) is 12.1 Å². The van der Waals surface area contributed by atoms with Crippen LogP contribution in [0.15, 0.2) is 48.5 Å². The third-order valence-corrected chi connectivity index (χ3v) is 4.21. The molecule has 2 aromatic rings. The van der Waals surface area contributed by atoms with E-state index in [1.54, 1.807) is 43.6 Å². The van der Waals surface area contributed by atoms with Crippen molar-refractivity contribution in [3.63, 3.8) is 0 Å². The Hall–Kier alpha value is -3.10. The smallest absolute Gasteiger partial charge is 0.266 e. The first-order chi connectivity index (χ1) is 12.9. The number of nitrogens with one attached hydrogen (secondary N) is 2. The summed E-state index contributed by atoms with van der Waals surface area (Å²) >= 11 is 0. The molecule has 0 radical (unpaired) electrons. The molecule has 0 bridgehead atoms. The molecule has 2 aromatic carbocycles. The second-order valence-electron chi connectivity index (χ2n) is 6.55. The van der Waals surface area contributed by atoms with Crippen LogP contribution in [-0.4, -0.2) is 23.1 Å². The molecule has 27 heavy (non-hydrogen) atoms. The highest BCUT2D eigenvalue weighted by molar-refractivity contribution is 5.97. The van der Waals surface area contributed by atoms with Gasteiger partial charge in [0.1, 0.15) is 6.04 Å². The Morgan fingerprint density at radius 3 is 1.93 bits per heavy atom. The maximum absolute atomic E-state index is 12.3. The van der Waals surface area contributed by atoms with Gasteiger partial charge in [-0.1, -0.05) is 44.7 Å². The summed E-state index contributed by atoms with van der Waals surface area (Å²) in [6.45, 7) is 5.68. The summed E-state index contributed by atoms with van der Waals surface area (Å²) in [4.78, 5) is 24.0. The summed E-state index contributed by atoms with van der Waals surface area (Å²) in [5, 5.41) is 11.4. The molecule has 0 aromatic heterocycles. The van der Waals surface area contributed by atoms with E-state index in [2.05, 4.69) is 36.2 Å². The number of hydrogen-bond donors (Lipinski definition) is 3. The number of benzene rings is 2. The molecule has 3 N–H and O–H groups in total. The van der Waals surface area contributed by atoms with E-state index in [0.29, 0.717) is 5.56 Å². The Labute approximate surface area is 159 Å². The molecule has 5 heteroatoms. The van der Waals surface area contributed by atoms with Gasteiger partial charge in [0.15, 0.2) is 0 Å². The van der Waals surface area contributed by atoms with Gasteiger partial charge < -0.3 is 5.32 Å². The fraction of sp³-hybridized carbons (Fsp3) is 0.273. The molecule has 0 heterocycles. The van der Waals surface area contributed by atoms with Crippen molar-refractivity contribution in [3.05, 3.63) is 70.8 Å². The minimum absolute atomic E-state index is 0.162. The Balaban J connectivity index is 2.07. The van der Waals surface area contributed by atoms with Crippen LogP contribution >= 0.6 is 0 Å². The van der Waals surface area contributed by atoms with E-state index < -0.39 is 11.9 Å². The van der Waals surface area contributed by atoms with Gasteiger partial charge in [-0.15, -0.1) is 0 Å². The molecule has 0 spiro atoms. The number of amides is 2. The fourth-order valence-corrected chi connectivity index (χ4v) is 2.50. The van der Waals surface area contributed by atoms with Crippen LogP contribution in [0.4, 0.5) is 0 Å². The zero-order chi connectivity index (χ0) is 19.8. The lowest BCUT2D eigenvalue weighted by atomic mass is 10.0. The van der Waals surface area contributed by atoms with Crippen molar-refractivity contribution in [1.29, 1.82) is 0 Å². The molecular weight excluding hydrogens is 340 g/mol. The van der Waals surface area contributed by atoms with Gasteiger partial charge in [-0.05, 0) is 54.3 Å². The maximum Gasteiger partial charge on any atom is 0.266 e. The molecule has 2 amide bonds. The molecule has 0 fully saturated rings. The van der Waals surface area contributed by atoms with Crippen molar-refractivity contribution in [2.45, 2.75) is 33.2 Å². The zero-order valence-corrected chi connectivity index (χ0v) is 15.7. The van der Waals surface area contributed by atoms with E-state index in [9.17, 15) is 9.59 Å². The highest BCUT2D eigenvalue weighted by atomic mass is 16.5. The number of hydrogen-bond acceptors (Lipinski definition) is 3. The highest BCUT2D eigenvalue weighted by Crippen LogP contribution is 2.08. The normalized spacial score (nSPS) is 11.3. The molecule has 140 valence electrons. The lowest BCUT2D eigenvalue weighted by Gasteiger charge is -2.20. The highest BCUT2D eigenvalue weighted by Gasteiger charge is 2.24. The average molecular weight is 364 g/mol.